The number of nitrogens with zero attached hydrogens (tertiary/aromatic N) is 1. The molecule has 1 atom stereocenters. The van der Waals surface area contributed by atoms with Crippen molar-refractivity contribution in [3.8, 4) is 22.4 Å². The first-order valence-corrected chi connectivity index (χ1v) is 13.0. The summed E-state index contributed by atoms with van der Waals surface area (Å²) < 4.78 is 36.5. The fraction of sp³-hybridized carbons (Fsp3) is 0.259. The van der Waals surface area contributed by atoms with Gasteiger partial charge in [-0.15, -0.1) is 0 Å². The van der Waals surface area contributed by atoms with Gasteiger partial charge in [-0.2, -0.15) is 0 Å². The maximum atomic E-state index is 14.5. The lowest BCUT2D eigenvalue weighted by atomic mass is 9.89. The molecule has 4 N–H and O–H groups in total. The molecule has 0 aliphatic rings. The van der Waals surface area contributed by atoms with Crippen LogP contribution in [0.3, 0.4) is 0 Å². The summed E-state index contributed by atoms with van der Waals surface area (Å²) in [7, 11) is 0. The lowest BCUT2D eigenvalue weighted by molar-refractivity contribution is 0.551. The van der Waals surface area contributed by atoms with Crippen LogP contribution < -0.4 is 5.32 Å². The minimum Gasteiger partial charge on any atom is -0.361 e. The fourth-order valence-electron chi connectivity index (χ4n) is 5.12. The normalized spacial score (nSPS) is 12.9. The average Bonchev–Trinajstić information content (AvgIpc) is 3.52. The quantitative estimate of drug-likeness (QED) is 0.155. The molecule has 5 rings (SSSR count). The molecule has 0 spiro atoms. The van der Waals surface area contributed by atoms with E-state index >= 15 is 0 Å². The van der Waals surface area contributed by atoms with E-state index in [0.29, 0.717) is 13.1 Å². The average molecular weight is 493 g/mol. The number of benzene rings is 2. The molecule has 182 valence electrons. The van der Waals surface area contributed by atoms with E-state index in [9.17, 15) is 8.60 Å². The SMILES string of the molecule is Cc1[nH]c(-c2cc(F)cc3[nH]ccc23)c(C(C)C)c1-c1cccc2c1ccn2CCNCS(=O)O. The van der Waals surface area contributed by atoms with Crippen molar-refractivity contribution in [2.75, 3.05) is 12.4 Å². The van der Waals surface area contributed by atoms with Crippen LogP contribution in [0.4, 0.5) is 4.39 Å². The fourth-order valence-corrected chi connectivity index (χ4v) is 5.43. The molecule has 0 aliphatic heterocycles. The van der Waals surface area contributed by atoms with E-state index in [1.807, 2.05) is 12.3 Å². The van der Waals surface area contributed by atoms with Gasteiger partial charge in [-0.1, -0.05) is 26.0 Å². The third-order valence-corrected chi connectivity index (χ3v) is 7.00. The molecule has 6 nitrogen and oxygen atoms in total. The highest BCUT2D eigenvalue weighted by molar-refractivity contribution is 7.79. The Kier molecular flexibility index (Phi) is 6.35. The van der Waals surface area contributed by atoms with Gasteiger partial charge in [0.05, 0.1) is 11.6 Å². The van der Waals surface area contributed by atoms with E-state index < -0.39 is 11.1 Å². The second-order valence-electron chi connectivity index (χ2n) is 9.17. The highest BCUT2D eigenvalue weighted by Crippen LogP contribution is 2.43. The van der Waals surface area contributed by atoms with Gasteiger partial charge in [-0.05, 0) is 54.3 Å². The van der Waals surface area contributed by atoms with Crippen LogP contribution in [0.1, 0.15) is 31.0 Å². The number of hydrogen-bond donors (Lipinski definition) is 4. The summed E-state index contributed by atoms with van der Waals surface area (Å²) in [5, 5.41) is 5.12. The van der Waals surface area contributed by atoms with Crippen LogP contribution in [0, 0.1) is 12.7 Å². The van der Waals surface area contributed by atoms with Gasteiger partial charge in [-0.25, -0.2) is 8.60 Å². The minimum atomic E-state index is -1.85. The Morgan fingerprint density at radius 2 is 1.97 bits per heavy atom. The predicted molar refractivity (Wildman–Crippen MR) is 141 cm³/mol. The molecule has 0 saturated carbocycles. The van der Waals surface area contributed by atoms with Crippen LogP contribution in [0.2, 0.25) is 0 Å². The Bertz CT molecular complexity index is 1550. The first-order valence-electron chi connectivity index (χ1n) is 11.7. The van der Waals surface area contributed by atoms with Crippen molar-refractivity contribution in [2.45, 2.75) is 33.2 Å². The number of hydrogen-bond acceptors (Lipinski definition) is 2. The van der Waals surface area contributed by atoms with Crippen molar-refractivity contribution < 1.29 is 13.2 Å². The number of halogens is 1. The number of rotatable bonds is 8. The van der Waals surface area contributed by atoms with Crippen LogP contribution >= 0.6 is 0 Å². The third kappa shape index (κ3) is 4.33. The lowest BCUT2D eigenvalue weighted by Gasteiger charge is -2.14. The molecule has 1 unspecified atom stereocenters. The summed E-state index contributed by atoms with van der Waals surface area (Å²) >= 11 is -1.85. The molecule has 0 amide bonds. The van der Waals surface area contributed by atoms with Gasteiger partial charge in [0.15, 0.2) is 11.1 Å². The van der Waals surface area contributed by atoms with Gasteiger partial charge in [0.2, 0.25) is 0 Å². The molecule has 0 fully saturated rings. The lowest BCUT2D eigenvalue weighted by Crippen LogP contribution is -2.23. The zero-order valence-electron chi connectivity index (χ0n) is 20.0. The van der Waals surface area contributed by atoms with Gasteiger partial charge < -0.3 is 24.4 Å². The highest BCUT2D eigenvalue weighted by atomic mass is 32.2. The standard InChI is InChI=1S/C27H29FN4O2S/c1-16(2)25-26(17(3)31-27(25)22-13-18(28)14-23-19(22)7-9-30-23)21-5-4-6-24-20(21)8-11-32(24)12-10-29-15-35(33)34/h4-9,11,13-14,16,29-31H,10,12,15H2,1-3H3,(H,33,34). The maximum Gasteiger partial charge on any atom is 0.167 e. The highest BCUT2D eigenvalue weighted by Gasteiger charge is 2.23. The number of nitrogens with one attached hydrogen (secondary N) is 3. The number of fused-ring (bicyclic) bond motifs is 2. The van der Waals surface area contributed by atoms with E-state index in [1.165, 1.54) is 11.6 Å². The Morgan fingerprint density at radius 1 is 1.14 bits per heavy atom. The van der Waals surface area contributed by atoms with Gasteiger partial charge in [-0.3, -0.25) is 0 Å². The summed E-state index contributed by atoms with van der Waals surface area (Å²) in [5.41, 5.74) is 8.19. The Hall–Kier alpha value is -3.20. The van der Waals surface area contributed by atoms with Crippen molar-refractivity contribution in [1.29, 1.82) is 0 Å². The Balaban J connectivity index is 1.63. The molecule has 0 aliphatic carbocycles. The minimum absolute atomic E-state index is 0.0576. The largest absolute Gasteiger partial charge is 0.361 e. The Labute approximate surface area is 205 Å². The van der Waals surface area contributed by atoms with Crippen molar-refractivity contribution in [3.63, 3.8) is 0 Å². The second kappa shape index (κ2) is 9.45. The molecule has 3 aromatic heterocycles. The summed E-state index contributed by atoms with van der Waals surface area (Å²) in [6, 6.07) is 13.6. The van der Waals surface area contributed by atoms with Crippen LogP contribution in [-0.2, 0) is 17.6 Å². The molecular formula is C27H29FN4O2S. The van der Waals surface area contributed by atoms with Gasteiger partial charge in [0.25, 0.3) is 0 Å². The smallest absolute Gasteiger partial charge is 0.167 e. The van der Waals surface area contributed by atoms with Crippen LogP contribution in [0.25, 0.3) is 44.2 Å². The third-order valence-electron chi connectivity index (χ3n) is 6.54. The van der Waals surface area contributed by atoms with Crippen molar-refractivity contribution in [3.05, 3.63) is 71.9 Å². The van der Waals surface area contributed by atoms with Crippen molar-refractivity contribution in [1.82, 2.24) is 19.9 Å². The molecule has 8 heteroatoms. The molecule has 0 saturated heterocycles. The molecule has 0 radical (unpaired) electrons. The molecular weight excluding hydrogens is 463 g/mol. The van der Waals surface area contributed by atoms with E-state index in [-0.39, 0.29) is 17.6 Å². The first kappa shape index (κ1) is 23.5. The molecule has 0 bridgehead atoms. The maximum absolute atomic E-state index is 14.5. The van der Waals surface area contributed by atoms with Gasteiger partial charge in [0.1, 0.15) is 5.82 Å². The topological polar surface area (TPSA) is 85.8 Å². The predicted octanol–water partition coefficient (Wildman–Crippen LogP) is 6.12. The second-order valence-corrected chi connectivity index (χ2v) is 10.1. The molecule has 3 heterocycles. The monoisotopic (exact) mass is 492 g/mol. The number of aromatic nitrogens is 3. The van der Waals surface area contributed by atoms with E-state index in [1.54, 1.807) is 6.07 Å². The molecule has 5 aromatic rings. The number of aryl methyl sites for hydroxylation is 1. The van der Waals surface area contributed by atoms with E-state index in [4.69, 9.17) is 4.55 Å². The van der Waals surface area contributed by atoms with Gasteiger partial charge in [0, 0.05) is 64.1 Å². The number of H-pyrrole nitrogens is 2. The van der Waals surface area contributed by atoms with Crippen molar-refractivity contribution in [2.24, 2.45) is 0 Å². The van der Waals surface area contributed by atoms with Crippen LogP contribution in [0.5, 0.6) is 0 Å². The van der Waals surface area contributed by atoms with Crippen LogP contribution in [0.15, 0.2) is 54.9 Å². The van der Waals surface area contributed by atoms with E-state index in [2.05, 4.69) is 71.1 Å². The zero-order chi connectivity index (χ0) is 24.7. The van der Waals surface area contributed by atoms with Crippen LogP contribution in [-0.4, -0.2) is 35.7 Å². The van der Waals surface area contributed by atoms with Crippen molar-refractivity contribution >= 4 is 32.9 Å². The Morgan fingerprint density at radius 3 is 2.74 bits per heavy atom. The summed E-state index contributed by atoms with van der Waals surface area (Å²) in [5.74, 6) is 0.00142. The summed E-state index contributed by atoms with van der Waals surface area (Å²) in [6.45, 7) is 7.70. The summed E-state index contributed by atoms with van der Waals surface area (Å²) in [6.07, 6.45) is 3.90. The first-order chi connectivity index (χ1) is 16.8. The zero-order valence-corrected chi connectivity index (χ0v) is 20.8. The molecule has 35 heavy (non-hydrogen) atoms. The number of aromatic amines is 2. The molecule has 2 aromatic carbocycles. The van der Waals surface area contributed by atoms with Gasteiger partial charge >= 0.3 is 0 Å². The summed E-state index contributed by atoms with van der Waals surface area (Å²) in [4.78, 5) is 6.73. The van der Waals surface area contributed by atoms with E-state index in [0.717, 1.165) is 49.9 Å².